The molecule has 0 bridgehead atoms. The van der Waals surface area contributed by atoms with E-state index in [1.807, 2.05) is 0 Å². The van der Waals surface area contributed by atoms with E-state index in [1.165, 1.54) is 0 Å². The molecule has 1 saturated heterocycles. The van der Waals surface area contributed by atoms with E-state index in [0.717, 1.165) is 0 Å². The molecule has 92 valence electrons. The maximum absolute atomic E-state index is 10.3. The third kappa shape index (κ3) is 5.94. The van der Waals surface area contributed by atoms with Gasteiger partial charge in [0.15, 0.2) is 0 Å². The zero-order valence-electron chi connectivity index (χ0n) is 8.60. The fourth-order valence-corrected chi connectivity index (χ4v) is 0.775. The van der Waals surface area contributed by atoms with Crippen molar-refractivity contribution in [1.29, 1.82) is 0 Å². The molecule has 0 aromatic carbocycles. The molecule has 2 amide bonds. The Morgan fingerprint density at radius 3 is 1.94 bits per heavy atom. The number of aliphatic carboxylic acids is 1. The van der Waals surface area contributed by atoms with Crippen LogP contribution in [-0.4, -0.2) is 53.7 Å². The Balaban J connectivity index is 0.000000281. The van der Waals surface area contributed by atoms with E-state index in [9.17, 15) is 14.4 Å². The van der Waals surface area contributed by atoms with E-state index >= 15 is 0 Å². The molecular formula is C8H15N3O5. The second-order valence-corrected chi connectivity index (χ2v) is 2.97. The maximum atomic E-state index is 10.3. The summed E-state index contributed by atoms with van der Waals surface area (Å²) in [4.78, 5) is 30.4. The van der Waals surface area contributed by atoms with Crippen molar-refractivity contribution in [2.24, 2.45) is 5.73 Å². The molecule has 1 rings (SSSR count). The molecular weight excluding hydrogens is 218 g/mol. The van der Waals surface area contributed by atoms with E-state index in [-0.39, 0.29) is 13.0 Å². The summed E-state index contributed by atoms with van der Waals surface area (Å²) < 4.78 is 0. The molecule has 0 aromatic rings. The fourth-order valence-electron chi connectivity index (χ4n) is 0.775. The van der Waals surface area contributed by atoms with Gasteiger partial charge in [-0.1, -0.05) is 0 Å². The Bertz CT molecular complexity index is 252. The first-order valence-electron chi connectivity index (χ1n) is 4.64. The molecule has 1 heterocycles. The number of aliphatic hydroxyl groups excluding tert-OH is 1. The Labute approximate surface area is 91.8 Å². The van der Waals surface area contributed by atoms with Crippen LogP contribution in [-0.2, 0) is 14.4 Å². The van der Waals surface area contributed by atoms with Crippen LogP contribution in [0.1, 0.15) is 6.42 Å². The lowest BCUT2D eigenvalue weighted by Crippen LogP contribution is -2.49. The fraction of sp³-hybridized carbons (Fsp3) is 0.625. The van der Waals surface area contributed by atoms with E-state index in [2.05, 4.69) is 10.6 Å². The second-order valence-electron chi connectivity index (χ2n) is 2.97. The molecule has 6 N–H and O–H groups in total. The summed E-state index contributed by atoms with van der Waals surface area (Å²) in [6, 6.07) is -0.917. The van der Waals surface area contributed by atoms with Gasteiger partial charge in [0.2, 0.25) is 0 Å². The van der Waals surface area contributed by atoms with E-state index in [1.54, 1.807) is 0 Å². The van der Waals surface area contributed by atoms with Gasteiger partial charge in [0, 0.05) is 19.7 Å². The van der Waals surface area contributed by atoms with Crippen LogP contribution in [0.2, 0.25) is 0 Å². The van der Waals surface area contributed by atoms with Crippen LogP contribution in [0.3, 0.4) is 0 Å². The number of nitrogens with one attached hydrogen (secondary N) is 2. The third-order valence-electron chi connectivity index (χ3n) is 1.66. The van der Waals surface area contributed by atoms with Crippen molar-refractivity contribution in [3.63, 3.8) is 0 Å². The molecule has 0 saturated carbocycles. The van der Waals surface area contributed by atoms with Gasteiger partial charge in [0.25, 0.3) is 0 Å². The average molecular weight is 233 g/mol. The van der Waals surface area contributed by atoms with Gasteiger partial charge >= 0.3 is 17.8 Å². The predicted octanol–water partition coefficient (Wildman–Crippen LogP) is -2.99. The number of carbonyl (C=O) groups excluding carboxylic acids is 2. The monoisotopic (exact) mass is 233 g/mol. The summed E-state index contributed by atoms with van der Waals surface area (Å²) in [7, 11) is 0. The topological polar surface area (TPSA) is 142 Å². The minimum Gasteiger partial charge on any atom is -0.480 e. The third-order valence-corrected chi connectivity index (χ3v) is 1.66. The lowest BCUT2D eigenvalue weighted by molar-refractivity contribution is -0.140. The van der Waals surface area contributed by atoms with Gasteiger partial charge in [0.1, 0.15) is 6.04 Å². The number of carboxylic acid groups (broad SMARTS) is 1. The minimum absolute atomic E-state index is 0.120. The summed E-state index contributed by atoms with van der Waals surface area (Å²) in [5.74, 6) is -2.13. The highest BCUT2D eigenvalue weighted by Crippen LogP contribution is 1.83. The number of amides is 2. The number of rotatable bonds is 3. The number of nitrogens with two attached hydrogens (primary N) is 1. The summed E-state index contributed by atoms with van der Waals surface area (Å²) in [5, 5.41) is 21.0. The van der Waals surface area contributed by atoms with Crippen LogP contribution in [0.4, 0.5) is 0 Å². The molecule has 0 aliphatic carbocycles. The standard InChI is InChI=1S/C4H6N2O2.C4H9NO3/c7-3-4(8)6-2-1-5-3;5-3(1-2-6)4(7)8/h1-2H2,(H,5,7)(H,6,8);3,6H,1-2,5H2,(H,7,8). The van der Waals surface area contributed by atoms with Crippen LogP contribution in [0, 0.1) is 0 Å². The number of hydrogen-bond donors (Lipinski definition) is 5. The molecule has 0 radical (unpaired) electrons. The number of hydrogen-bond acceptors (Lipinski definition) is 5. The second kappa shape index (κ2) is 7.60. The van der Waals surface area contributed by atoms with Gasteiger partial charge in [0.05, 0.1) is 0 Å². The van der Waals surface area contributed by atoms with Gasteiger partial charge in [-0.3, -0.25) is 14.4 Å². The molecule has 0 aromatic heterocycles. The van der Waals surface area contributed by atoms with Crippen LogP contribution in [0.5, 0.6) is 0 Å². The molecule has 1 aliphatic heterocycles. The Kier molecular flexibility index (Phi) is 6.81. The number of aliphatic hydroxyl groups is 1. The zero-order valence-corrected chi connectivity index (χ0v) is 8.60. The number of piperazine rings is 1. The van der Waals surface area contributed by atoms with Crippen molar-refractivity contribution in [1.82, 2.24) is 10.6 Å². The van der Waals surface area contributed by atoms with Crippen molar-refractivity contribution >= 4 is 17.8 Å². The first kappa shape index (κ1) is 14.3. The molecule has 0 spiro atoms. The molecule has 1 aliphatic rings. The van der Waals surface area contributed by atoms with Gasteiger partial charge in [-0.25, -0.2) is 0 Å². The van der Waals surface area contributed by atoms with Crippen molar-refractivity contribution < 1.29 is 24.6 Å². The maximum Gasteiger partial charge on any atom is 0.320 e. The summed E-state index contributed by atoms with van der Waals surface area (Å²) >= 11 is 0. The van der Waals surface area contributed by atoms with Crippen LogP contribution >= 0.6 is 0 Å². The first-order chi connectivity index (χ1) is 7.49. The van der Waals surface area contributed by atoms with Crippen molar-refractivity contribution in [2.45, 2.75) is 12.5 Å². The minimum atomic E-state index is -1.07. The van der Waals surface area contributed by atoms with Gasteiger partial charge in [-0.15, -0.1) is 0 Å². The van der Waals surface area contributed by atoms with E-state index < -0.39 is 23.8 Å². The van der Waals surface area contributed by atoms with Crippen molar-refractivity contribution in [3.8, 4) is 0 Å². The highest BCUT2D eigenvalue weighted by atomic mass is 16.4. The summed E-state index contributed by atoms with van der Waals surface area (Å²) in [6.45, 7) is 0.919. The van der Waals surface area contributed by atoms with Crippen LogP contribution < -0.4 is 16.4 Å². The van der Waals surface area contributed by atoms with Crippen molar-refractivity contribution in [3.05, 3.63) is 0 Å². The first-order valence-corrected chi connectivity index (χ1v) is 4.64. The summed E-state index contributed by atoms with van der Waals surface area (Å²) in [6.07, 6.45) is 0.120. The number of carboxylic acids is 1. The highest BCUT2D eigenvalue weighted by molar-refractivity contribution is 6.35. The lowest BCUT2D eigenvalue weighted by atomic mass is 10.2. The van der Waals surface area contributed by atoms with Crippen LogP contribution in [0.15, 0.2) is 0 Å². The number of carbonyl (C=O) groups is 3. The molecule has 1 fully saturated rings. The smallest absolute Gasteiger partial charge is 0.320 e. The Hall–Kier alpha value is -1.67. The Morgan fingerprint density at radius 1 is 1.31 bits per heavy atom. The van der Waals surface area contributed by atoms with Crippen molar-refractivity contribution in [2.75, 3.05) is 19.7 Å². The quantitative estimate of drug-likeness (QED) is 0.329. The van der Waals surface area contributed by atoms with Crippen LogP contribution in [0.25, 0.3) is 0 Å². The van der Waals surface area contributed by atoms with Gasteiger partial charge in [-0.2, -0.15) is 0 Å². The van der Waals surface area contributed by atoms with Gasteiger partial charge in [-0.05, 0) is 6.42 Å². The average Bonchev–Trinajstić information content (AvgIpc) is 2.24. The molecule has 8 nitrogen and oxygen atoms in total. The summed E-state index contributed by atoms with van der Waals surface area (Å²) in [5.41, 5.74) is 4.97. The molecule has 8 heteroatoms. The molecule has 1 unspecified atom stereocenters. The highest BCUT2D eigenvalue weighted by Gasteiger charge is 2.15. The zero-order chi connectivity index (χ0) is 12.6. The normalized spacial score (nSPS) is 16.4. The van der Waals surface area contributed by atoms with E-state index in [4.69, 9.17) is 15.9 Å². The largest absolute Gasteiger partial charge is 0.480 e. The Morgan fingerprint density at radius 2 is 1.75 bits per heavy atom. The molecule has 16 heavy (non-hydrogen) atoms. The molecule has 1 atom stereocenters. The van der Waals surface area contributed by atoms with E-state index in [0.29, 0.717) is 13.1 Å². The predicted molar refractivity (Wildman–Crippen MR) is 53.3 cm³/mol. The SMILES string of the molecule is NC(CCO)C(=O)O.O=C1NCCNC1=O. The lowest BCUT2D eigenvalue weighted by Gasteiger charge is -2.10. The van der Waals surface area contributed by atoms with Gasteiger partial charge < -0.3 is 26.6 Å².